The standard InChI is InChI=1S/C13H18N2S2/c1-4-10-5-6-12(16-10)13-15-8-11(17-13)7-14-9(2)3/h5-6,8-9,14H,4,7H2,1-3H3. The summed E-state index contributed by atoms with van der Waals surface area (Å²) in [4.78, 5) is 8.53. The lowest BCUT2D eigenvalue weighted by atomic mass is 10.4. The van der Waals surface area contributed by atoms with Crippen LogP contribution in [0.3, 0.4) is 0 Å². The molecule has 0 aliphatic heterocycles. The molecular weight excluding hydrogens is 248 g/mol. The molecule has 17 heavy (non-hydrogen) atoms. The summed E-state index contributed by atoms with van der Waals surface area (Å²) in [7, 11) is 0. The Morgan fingerprint density at radius 1 is 1.24 bits per heavy atom. The molecule has 0 spiro atoms. The highest BCUT2D eigenvalue weighted by Gasteiger charge is 2.07. The van der Waals surface area contributed by atoms with Gasteiger partial charge in [-0.3, -0.25) is 0 Å². The van der Waals surface area contributed by atoms with E-state index in [1.165, 1.54) is 14.6 Å². The minimum Gasteiger partial charge on any atom is -0.310 e. The topological polar surface area (TPSA) is 24.9 Å². The summed E-state index contributed by atoms with van der Waals surface area (Å²) >= 11 is 3.64. The Bertz CT molecular complexity index is 471. The first-order chi connectivity index (χ1) is 8.19. The van der Waals surface area contributed by atoms with Gasteiger partial charge in [-0.25, -0.2) is 4.98 Å². The summed E-state index contributed by atoms with van der Waals surface area (Å²) in [6.07, 6.45) is 3.10. The quantitative estimate of drug-likeness (QED) is 0.887. The number of rotatable bonds is 5. The maximum absolute atomic E-state index is 4.50. The third-order valence-electron chi connectivity index (χ3n) is 2.46. The highest BCUT2D eigenvalue weighted by atomic mass is 32.1. The van der Waals surface area contributed by atoms with Gasteiger partial charge in [-0.2, -0.15) is 0 Å². The second-order valence-electron chi connectivity index (χ2n) is 4.29. The van der Waals surface area contributed by atoms with E-state index in [0.717, 1.165) is 18.0 Å². The zero-order valence-corrected chi connectivity index (χ0v) is 12.1. The molecule has 0 atom stereocenters. The molecule has 0 saturated carbocycles. The van der Waals surface area contributed by atoms with Gasteiger partial charge in [0.25, 0.3) is 0 Å². The number of thiazole rings is 1. The molecule has 2 heterocycles. The molecule has 0 aliphatic rings. The van der Waals surface area contributed by atoms with Crippen LogP contribution in [0, 0.1) is 0 Å². The van der Waals surface area contributed by atoms with Gasteiger partial charge in [0.2, 0.25) is 0 Å². The van der Waals surface area contributed by atoms with E-state index < -0.39 is 0 Å². The summed E-state index contributed by atoms with van der Waals surface area (Å²) < 4.78 is 0. The molecule has 0 aromatic carbocycles. The van der Waals surface area contributed by atoms with E-state index in [0.29, 0.717) is 6.04 Å². The van der Waals surface area contributed by atoms with Crippen LogP contribution in [-0.4, -0.2) is 11.0 Å². The average molecular weight is 266 g/mol. The Kier molecular flexibility index (Phi) is 4.31. The first-order valence-electron chi connectivity index (χ1n) is 5.96. The lowest BCUT2D eigenvalue weighted by Gasteiger charge is -2.04. The fraction of sp³-hybridized carbons (Fsp3) is 0.462. The fourth-order valence-corrected chi connectivity index (χ4v) is 3.36. The number of nitrogens with zero attached hydrogens (tertiary/aromatic N) is 1. The first-order valence-corrected chi connectivity index (χ1v) is 7.59. The molecule has 2 nitrogen and oxygen atoms in total. The van der Waals surface area contributed by atoms with Crippen LogP contribution in [0.4, 0.5) is 0 Å². The first kappa shape index (κ1) is 12.7. The van der Waals surface area contributed by atoms with Crippen molar-refractivity contribution in [3.05, 3.63) is 28.1 Å². The van der Waals surface area contributed by atoms with Gasteiger partial charge in [0, 0.05) is 28.5 Å². The normalized spacial score (nSPS) is 11.3. The molecule has 0 unspecified atom stereocenters. The van der Waals surface area contributed by atoms with E-state index >= 15 is 0 Å². The molecular formula is C13H18N2S2. The van der Waals surface area contributed by atoms with Gasteiger partial charge in [-0.15, -0.1) is 22.7 Å². The predicted molar refractivity (Wildman–Crippen MR) is 76.8 cm³/mol. The van der Waals surface area contributed by atoms with Gasteiger partial charge in [0.05, 0.1) is 4.88 Å². The summed E-state index contributed by atoms with van der Waals surface area (Å²) in [5.74, 6) is 0. The van der Waals surface area contributed by atoms with Gasteiger partial charge in [0.15, 0.2) is 0 Å². The van der Waals surface area contributed by atoms with Crippen molar-refractivity contribution in [2.24, 2.45) is 0 Å². The smallest absolute Gasteiger partial charge is 0.133 e. The number of hydrogen-bond acceptors (Lipinski definition) is 4. The highest BCUT2D eigenvalue weighted by Crippen LogP contribution is 2.31. The molecule has 0 bridgehead atoms. The minimum absolute atomic E-state index is 0.522. The molecule has 1 N–H and O–H groups in total. The van der Waals surface area contributed by atoms with Crippen LogP contribution >= 0.6 is 22.7 Å². The monoisotopic (exact) mass is 266 g/mol. The number of aromatic nitrogens is 1. The van der Waals surface area contributed by atoms with Gasteiger partial charge < -0.3 is 5.32 Å². The van der Waals surface area contributed by atoms with E-state index in [2.05, 4.69) is 43.2 Å². The zero-order valence-electron chi connectivity index (χ0n) is 10.5. The molecule has 2 aromatic heterocycles. The lowest BCUT2D eigenvalue weighted by molar-refractivity contribution is 0.593. The number of nitrogens with one attached hydrogen (secondary N) is 1. The van der Waals surface area contributed by atoms with Crippen molar-refractivity contribution in [1.82, 2.24) is 10.3 Å². The maximum atomic E-state index is 4.50. The van der Waals surface area contributed by atoms with Crippen molar-refractivity contribution in [3.8, 4) is 9.88 Å². The van der Waals surface area contributed by atoms with Crippen LogP contribution in [0.15, 0.2) is 18.3 Å². The lowest BCUT2D eigenvalue weighted by Crippen LogP contribution is -2.21. The van der Waals surface area contributed by atoms with Crippen molar-refractivity contribution in [2.45, 2.75) is 39.8 Å². The average Bonchev–Trinajstić information content (AvgIpc) is 2.94. The summed E-state index contributed by atoms with van der Waals surface area (Å²) in [5, 5.41) is 4.57. The van der Waals surface area contributed by atoms with E-state index in [4.69, 9.17) is 0 Å². The Hall–Kier alpha value is -0.710. The van der Waals surface area contributed by atoms with Crippen molar-refractivity contribution >= 4 is 22.7 Å². The second-order valence-corrected chi connectivity index (χ2v) is 6.57. The fourth-order valence-electron chi connectivity index (χ4n) is 1.49. The van der Waals surface area contributed by atoms with Crippen LogP contribution in [-0.2, 0) is 13.0 Å². The molecule has 0 radical (unpaired) electrons. The van der Waals surface area contributed by atoms with Crippen LogP contribution in [0.2, 0.25) is 0 Å². The molecule has 0 aliphatic carbocycles. The second kappa shape index (κ2) is 5.76. The maximum Gasteiger partial charge on any atom is 0.133 e. The third-order valence-corrected chi connectivity index (χ3v) is 4.86. The molecule has 2 rings (SSSR count). The Balaban J connectivity index is 2.07. The molecule has 2 aromatic rings. The SMILES string of the molecule is CCc1ccc(-c2ncc(CNC(C)C)s2)s1. The molecule has 0 saturated heterocycles. The number of thiophene rings is 1. The summed E-state index contributed by atoms with van der Waals surface area (Å²) in [5.41, 5.74) is 0. The zero-order chi connectivity index (χ0) is 12.3. The molecule has 4 heteroatoms. The van der Waals surface area contributed by atoms with Crippen LogP contribution in [0.5, 0.6) is 0 Å². The van der Waals surface area contributed by atoms with Gasteiger partial charge in [-0.1, -0.05) is 20.8 Å². The van der Waals surface area contributed by atoms with Gasteiger partial charge in [-0.05, 0) is 18.6 Å². The van der Waals surface area contributed by atoms with E-state index in [1.807, 2.05) is 17.5 Å². The van der Waals surface area contributed by atoms with E-state index in [-0.39, 0.29) is 0 Å². The Morgan fingerprint density at radius 3 is 2.71 bits per heavy atom. The van der Waals surface area contributed by atoms with Gasteiger partial charge in [0.1, 0.15) is 5.01 Å². The van der Waals surface area contributed by atoms with Crippen LogP contribution in [0.1, 0.15) is 30.5 Å². The molecule has 0 fully saturated rings. The van der Waals surface area contributed by atoms with E-state index in [9.17, 15) is 0 Å². The van der Waals surface area contributed by atoms with Crippen molar-refractivity contribution in [3.63, 3.8) is 0 Å². The van der Waals surface area contributed by atoms with Crippen LogP contribution < -0.4 is 5.32 Å². The molecule has 0 amide bonds. The minimum atomic E-state index is 0.522. The van der Waals surface area contributed by atoms with Crippen molar-refractivity contribution in [1.29, 1.82) is 0 Å². The Morgan fingerprint density at radius 2 is 2.06 bits per heavy atom. The summed E-state index contributed by atoms with van der Waals surface area (Å²) in [6, 6.07) is 4.91. The number of hydrogen-bond donors (Lipinski definition) is 1. The largest absolute Gasteiger partial charge is 0.310 e. The Labute approximate surface area is 111 Å². The van der Waals surface area contributed by atoms with Gasteiger partial charge >= 0.3 is 0 Å². The highest BCUT2D eigenvalue weighted by molar-refractivity contribution is 7.21. The van der Waals surface area contributed by atoms with Crippen molar-refractivity contribution < 1.29 is 0 Å². The summed E-state index contributed by atoms with van der Waals surface area (Å²) in [6.45, 7) is 7.43. The van der Waals surface area contributed by atoms with Crippen molar-refractivity contribution in [2.75, 3.05) is 0 Å². The van der Waals surface area contributed by atoms with Crippen LogP contribution in [0.25, 0.3) is 9.88 Å². The number of aryl methyl sites for hydroxylation is 1. The van der Waals surface area contributed by atoms with E-state index in [1.54, 1.807) is 11.3 Å². The predicted octanol–water partition coefficient (Wildman–Crippen LogP) is 3.93. The molecule has 92 valence electrons. The third kappa shape index (κ3) is 3.37.